The van der Waals surface area contributed by atoms with E-state index >= 15 is 4.39 Å². The van der Waals surface area contributed by atoms with Crippen molar-refractivity contribution in [2.45, 2.75) is 31.0 Å². The molecule has 7 N–H and O–H groups in total. The number of allylic oxidation sites excluding steroid dienone is 1. The van der Waals surface area contributed by atoms with Crippen molar-refractivity contribution >= 4 is 11.7 Å². The zero-order chi connectivity index (χ0) is 26.7. The van der Waals surface area contributed by atoms with Gasteiger partial charge >= 0.3 is 0 Å². The van der Waals surface area contributed by atoms with Gasteiger partial charge in [0.15, 0.2) is 11.4 Å². The van der Waals surface area contributed by atoms with E-state index in [2.05, 4.69) is 11.9 Å². The molecule has 0 spiro atoms. The van der Waals surface area contributed by atoms with Crippen LogP contribution in [-0.2, 0) is 17.8 Å². The highest BCUT2D eigenvalue weighted by atomic mass is 19.1. The minimum absolute atomic E-state index is 0.0139. The Morgan fingerprint density at radius 2 is 2.00 bits per heavy atom. The number of hydrogen-bond donors (Lipinski definition) is 6. The Labute approximate surface area is 206 Å². The molecule has 3 aliphatic carbocycles. The summed E-state index contributed by atoms with van der Waals surface area (Å²) in [5.41, 5.74) is 1.80. The van der Waals surface area contributed by atoms with E-state index in [9.17, 15) is 34.4 Å². The number of halogens is 2. The molecular weight excluding hydrogens is 476 g/mol. The highest BCUT2D eigenvalue weighted by molar-refractivity contribution is 6.13. The number of Topliss-reactive ketones (excluding diaryl/α,β-unsaturated/α-hetero) is 1. The zero-order valence-corrected chi connectivity index (χ0v) is 19.9. The smallest absolute Gasteiger partial charge is 0.252 e. The average molecular weight is 506 g/mol. The molecule has 0 aliphatic heterocycles. The van der Waals surface area contributed by atoms with Crippen LogP contribution in [0.4, 0.5) is 8.78 Å². The Bertz CT molecular complexity index is 1240. The predicted molar refractivity (Wildman–Crippen MR) is 125 cm³/mol. The number of likely N-dealkylation sites (N-methyl/N-ethyl adjacent to an activating group) is 1. The van der Waals surface area contributed by atoms with Gasteiger partial charge in [-0.25, -0.2) is 8.78 Å². The summed E-state index contributed by atoms with van der Waals surface area (Å²) in [6.07, 6.45) is -0.0628. The van der Waals surface area contributed by atoms with E-state index in [0.29, 0.717) is 0 Å². The zero-order valence-electron chi connectivity index (χ0n) is 19.9. The number of aromatic hydroxyl groups is 1. The molecule has 1 amide bonds. The van der Waals surface area contributed by atoms with E-state index in [1.54, 1.807) is 14.1 Å². The van der Waals surface area contributed by atoms with Crippen LogP contribution in [0.25, 0.3) is 0 Å². The van der Waals surface area contributed by atoms with E-state index < -0.39 is 70.5 Å². The van der Waals surface area contributed by atoms with Crippen LogP contribution in [0.2, 0.25) is 0 Å². The maximum atomic E-state index is 15.4. The maximum Gasteiger partial charge on any atom is 0.252 e. The van der Waals surface area contributed by atoms with Crippen molar-refractivity contribution in [3.05, 3.63) is 63.4 Å². The van der Waals surface area contributed by atoms with Gasteiger partial charge < -0.3 is 31.5 Å². The van der Waals surface area contributed by atoms with Gasteiger partial charge in [-0.2, -0.15) is 0 Å². The fraction of sp³-hybridized carbons (Fsp3) is 0.440. The number of primary amides is 1. The minimum atomic E-state index is -2.31. The number of amides is 1. The number of alkyl halides is 1. The van der Waals surface area contributed by atoms with Crippen LogP contribution >= 0.6 is 0 Å². The molecule has 36 heavy (non-hydrogen) atoms. The molecule has 0 fully saturated rings. The second-order valence-corrected chi connectivity index (χ2v) is 9.70. The first-order chi connectivity index (χ1) is 16.9. The molecule has 1 aromatic rings. The summed E-state index contributed by atoms with van der Waals surface area (Å²) < 4.78 is 27.9. The molecule has 0 saturated heterocycles. The van der Waals surface area contributed by atoms with Gasteiger partial charge in [-0.05, 0) is 38.9 Å². The van der Waals surface area contributed by atoms with Crippen LogP contribution in [0.1, 0.15) is 27.9 Å². The number of ketones is 1. The van der Waals surface area contributed by atoms with Gasteiger partial charge in [-0.3, -0.25) is 14.5 Å². The lowest BCUT2D eigenvalue weighted by molar-refractivity contribution is -0.115. The summed E-state index contributed by atoms with van der Waals surface area (Å²) in [5, 5.41) is 47.3. The van der Waals surface area contributed by atoms with E-state index in [-0.39, 0.29) is 53.8 Å². The first-order valence-electron chi connectivity index (χ1n) is 11.5. The number of rotatable bonds is 6. The topological polar surface area (TPSA) is 156 Å². The second-order valence-electron chi connectivity index (χ2n) is 9.70. The van der Waals surface area contributed by atoms with Crippen LogP contribution in [-0.4, -0.2) is 76.0 Å². The molecule has 4 rings (SSSR count). The SMILES string of the molecule is C=C1C(C(N)=O)=C(O)[C@@H](N(C)C)C2C[C@@H]3Cc4c(F)c(CNCCF)cc(O)c4C(=O)C3=C(O)[C@]12O. The van der Waals surface area contributed by atoms with E-state index in [1.807, 2.05) is 0 Å². The largest absolute Gasteiger partial charge is 0.510 e. The fourth-order valence-electron chi connectivity index (χ4n) is 5.94. The minimum Gasteiger partial charge on any atom is -0.510 e. The molecule has 0 radical (unpaired) electrons. The van der Waals surface area contributed by atoms with Gasteiger partial charge in [0.2, 0.25) is 0 Å². The number of fused-ring (bicyclic) bond motifs is 3. The lowest BCUT2D eigenvalue weighted by Gasteiger charge is -2.52. The lowest BCUT2D eigenvalue weighted by Crippen LogP contribution is -2.60. The van der Waals surface area contributed by atoms with Crippen molar-refractivity contribution in [1.29, 1.82) is 0 Å². The van der Waals surface area contributed by atoms with E-state index in [1.165, 1.54) is 4.90 Å². The van der Waals surface area contributed by atoms with Crippen LogP contribution in [0.15, 0.2) is 40.9 Å². The number of phenolic OH excluding ortho intramolecular Hbond substituents is 1. The summed E-state index contributed by atoms with van der Waals surface area (Å²) in [6, 6.07) is 0.0982. The van der Waals surface area contributed by atoms with E-state index in [4.69, 9.17) is 5.73 Å². The van der Waals surface area contributed by atoms with Gasteiger partial charge in [0.25, 0.3) is 5.91 Å². The van der Waals surface area contributed by atoms with Crippen molar-refractivity contribution in [3.8, 4) is 5.75 Å². The van der Waals surface area contributed by atoms with Crippen LogP contribution < -0.4 is 11.1 Å². The maximum absolute atomic E-state index is 15.4. The standard InChI is InChI=1S/C25H29F2N3O6/c1-10-16(24(28)35)22(33)20(30(2)3)14-7-11-6-13-18(21(32)17(11)23(34)25(10,14)36)15(31)8-12(19(13)27)9-29-5-4-26/h8,11,14,20,29,31,33-34,36H,1,4-7,9H2,2-3H3,(H2,28,35)/t11-,14?,20-,25-/m0/s1. The molecule has 0 aromatic heterocycles. The number of carbonyl (C=O) groups excluding carboxylic acids is 2. The monoisotopic (exact) mass is 505 g/mol. The van der Waals surface area contributed by atoms with Gasteiger partial charge in [-0.1, -0.05) is 6.58 Å². The molecule has 4 atom stereocenters. The van der Waals surface area contributed by atoms with E-state index in [0.717, 1.165) is 6.07 Å². The number of aliphatic hydroxyl groups is 3. The van der Waals surface area contributed by atoms with Crippen molar-refractivity contribution in [2.24, 2.45) is 17.6 Å². The average Bonchev–Trinajstić information content (AvgIpc) is 2.79. The van der Waals surface area contributed by atoms with Gasteiger partial charge in [0, 0.05) is 41.3 Å². The Balaban J connectivity index is 1.88. The Morgan fingerprint density at radius 1 is 1.33 bits per heavy atom. The van der Waals surface area contributed by atoms with Crippen molar-refractivity contribution in [1.82, 2.24) is 10.2 Å². The second kappa shape index (κ2) is 8.99. The number of nitrogens with one attached hydrogen (secondary N) is 1. The lowest BCUT2D eigenvalue weighted by atomic mass is 9.57. The Kier molecular flexibility index (Phi) is 6.44. The van der Waals surface area contributed by atoms with Crippen molar-refractivity contribution < 1.29 is 38.8 Å². The third kappa shape index (κ3) is 3.53. The fourth-order valence-corrected chi connectivity index (χ4v) is 5.94. The molecule has 9 nitrogen and oxygen atoms in total. The Hall–Kier alpha value is -3.28. The van der Waals surface area contributed by atoms with Gasteiger partial charge in [0.05, 0.1) is 17.2 Å². The third-order valence-corrected chi connectivity index (χ3v) is 7.51. The number of carbonyl (C=O) groups is 2. The predicted octanol–water partition coefficient (Wildman–Crippen LogP) is 1.31. The molecule has 1 aromatic carbocycles. The van der Waals surface area contributed by atoms with Crippen LogP contribution in [0.3, 0.4) is 0 Å². The molecule has 194 valence electrons. The number of hydrogen-bond acceptors (Lipinski definition) is 8. The number of benzene rings is 1. The molecular formula is C25H29F2N3O6. The highest BCUT2D eigenvalue weighted by Gasteiger charge is 2.60. The first-order valence-corrected chi connectivity index (χ1v) is 11.5. The quantitative estimate of drug-likeness (QED) is 0.316. The molecule has 1 unspecified atom stereocenters. The number of phenols is 1. The van der Waals surface area contributed by atoms with Crippen molar-refractivity contribution in [3.63, 3.8) is 0 Å². The highest BCUT2D eigenvalue weighted by Crippen LogP contribution is 2.55. The first kappa shape index (κ1) is 25.8. The number of nitrogens with two attached hydrogens (primary N) is 1. The summed E-state index contributed by atoms with van der Waals surface area (Å²) in [7, 11) is 3.19. The molecule has 0 bridgehead atoms. The summed E-state index contributed by atoms with van der Waals surface area (Å²) in [4.78, 5) is 27.2. The normalized spacial score (nSPS) is 27.8. The number of nitrogens with zero attached hydrogens (tertiary/aromatic N) is 1. The number of aliphatic hydroxyl groups excluding tert-OH is 2. The van der Waals surface area contributed by atoms with Gasteiger partial charge in [0.1, 0.15) is 29.8 Å². The molecule has 3 aliphatic rings. The summed E-state index contributed by atoms with van der Waals surface area (Å²) >= 11 is 0. The molecule has 11 heteroatoms. The van der Waals surface area contributed by atoms with Crippen LogP contribution in [0.5, 0.6) is 5.75 Å². The molecule has 0 saturated carbocycles. The molecule has 0 heterocycles. The summed E-state index contributed by atoms with van der Waals surface area (Å²) in [6.45, 7) is 2.98. The summed E-state index contributed by atoms with van der Waals surface area (Å²) in [5.74, 6) is -6.08. The Morgan fingerprint density at radius 3 is 2.58 bits per heavy atom. The van der Waals surface area contributed by atoms with Crippen LogP contribution in [0, 0.1) is 17.7 Å². The van der Waals surface area contributed by atoms with Gasteiger partial charge in [-0.15, -0.1) is 0 Å². The van der Waals surface area contributed by atoms with Crippen molar-refractivity contribution in [2.75, 3.05) is 27.3 Å². The third-order valence-electron chi connectivity index (χ3n) is 7.51.